The number of carbonyl (C=O) groups excluding carboxylic acids is 2. The molecule has 0 saturated heterocycles. The fraction of sp³-hybridized carbons (Fsp3) is 0.222. The number of nitrogens with one attached hydrogen (secondary N) is 1. The molecule has 0 heterocycles. The molecule has 1 amide bonds. The van der Waals surface area contributed by atoms with Gasteiger partial charge in [0.2, 0.25) is 5.91 Å². The lowest BCUT2D eigenvalue weighted by Gasteiger charge is -2.08. The molecule has 25 heavy (non-hydrogen) atoms. The molecule has 0 atom stereocenters. The molecule has 132 valence electrons. The second-order valence-electron chi connectivity index (χ2n) is 5.05. The molecule has 7 heteroatoms. The van der Waals surface area contributed by atoms with Gasteiger partial charge < -0.3 is 10.1 Å². The summed E-state index contributed by atoms with van der Waals surface area (Å²) >= 11 is 7.35. The summed E-state index contributed by atoms with van der Waals surface area (Å²) < 4.78 is 18.4. The molecule has 0 aliphatic carbocycles. The Balaban J connectivity index is 1.87. The highest BCUT2D eigenvalue weighted by molar-refractivity contribution is 7.99. The van der Waals surface area contributed by atoms with Crippen molar-refractivity contribution in [1.82, 2.24) is 0 Å². The summed E-state index contributed by atoms with van der Waals surface area (Å²) in [7, 11) is 0. The zero-order valence-electron chi connectivity index (χ0n) is 13.6. The molecule has 2 rings (SSSR count). The van der Waals surface area contributed by atoms with Crippen molar-refractivity contribution in [2.75, 3.05) is 17.7 Å². The molecule has 0 fully saturated rings. The Labute approximate surface area is 154 Å². The molecule has 4 nitrogen and oxygen atoms in total. The number of benzene rings is 2. The number of hydrogen-bond acceptors (Lipinski definition) is 4. The molecule has 0 saturated carbocycles. The first-order valence-electron chi connectivity index (χ1n) is 7.59. The summed E-state index contributed by atoms with van der Waals surface area (Å²) in [6.45, 7) is 1.96. The van der Waals surface area contributed by atoms with Crippen molar-refractivity contribution in [3.8, 4) is 0 Å². The topological polar surface area (TPSA) is 55.4 Å². The summed E-state index contributed by atoms with van der Waals surface area (Å²) in [5.41, 5.74) is 1.28. The van der Waals surface area contributed by atoms with Crippen LogP contribution >= 0.6 is 23.4 Å². The lowest BCUT2D eigenvalue weighted by Crippen LogP contribution is -2.14. The molecule has 0 spiro atoms. The summed E-state index contributed by atoms with van der Waals surface area (Å²) in [4.78, 5) is 23.6. The van der Waals surface area contributed by atoms with Crippen LogP contribution in [0.25, 0.3) is 0 Å². The maximum atomic E-state index is 13.5. The molecular formula is C18H17ClFNO3S. The van der Waals surface area contributed by atoms with Crippen LogP contribution in [-0.4, -0.2) is 24.2 Å². The van der Waals surface area contributed by atoms with Crippen LogP contribution in [0.15, 0.2) is 42.5 Å². The number of amides is 1. The fourth-order valence-electron chi connectivity index (χ4n) is 2.03. The minimum Gasteiger partial charge on any atom is -0.462 e. The van der Waals surface area contributed by atoms with Gasteiger partial charge in [0, 0.05) is 11.4 Å². The molecule has 2 aromatic carbocycles. The van der Waals surface area contributed by atoms with Crippen LogP contribution in [0.4, 0.5) is 10.1 Å². The summed E-state index contributed by atoms with van der Waals surface area (Å²) in [6, 6.07) is 11.0. The van der Waals surface area contributed by atoms with Gasteiger partial charge in [-0.15, -0.1) is 11.8 Å². The first kappa shape index (κ1) is 19.3. The number of ether oxygens (including phenoxy) is 1. The van der Waals surface area contributed by atoms with E-state index in [9.17, 15) is 14.0 Å². The molecular weight excluding hydrogens is 365 g/mol. The Morgan fingerprint density at radius 1 is 1.24 bits per heavy atom. The second kappa shape index (κ2) is 9.44. The van der Waals surface area contributed by atoms with Gasteiger partial charge in [-0.3, -0.25) is 4.79 Å². The standard InChI is InChI=1S/C18H17ClFNO3S/c1-2-24-18(23)14-8-7-13(9-15(14)19)21-17(22)11-25-10-12-5-3-4-6-16(12)20/h3-9H,2,10-11H2,1H3,(H,21,22). The van der Waals surface area contributed by atoms with Gasteiger partial charge in [-0.2, -0.15) is 0 Å². The molecule has 0 bridgehead atoms. The van der Waals surface area contributed by atoms with Gasteiger partial charge in [0.15, 0.2) is 0 Å². The summed E-state index contributed by atoms with van der Waals surface area (Å²) in [5.74, 6) is -0.447. The second-order valence-corrected chi connectivity index (χ2v) is 6.44. The van der Waals surface area contributed by atoms with Gasteiger partial charge in [0.1, 0.15) is 5.82 Å². The highest BCUT2D eigenvalue weighted by atomic mass is 35.5. The van der Waals surface area contributed by atoms with E-state index >= 15 is 0 Å². The van der Waals surface area contributed by atoms with Gasteiger partial charge in [0.05, 0.1) is 22.9 Å². The van der Waals surface area contributed by atoms with Crippen molar-refractivity contribution in [1.29, 1.82) is 0 Å². The minimum atomic E-state index is -0.509. The van der Waals surface area contributed by atoms with Crippen LogP contribution in [0.2, 0.25) is 5.02 Å². The quantitative estimate of drug-likeness (QED) is 0.716. The van der Waals surface area contributed by atoms with E-state index < -0.39 is 5.97 Å². The molecule has 0 aromatic heterocycles. The number of hydrogen-bond donors (Lipinski definition) is 1. The Bertz CT molecular complexity index is 770. The number of rotatable bonds is 7. The number of thioether (sulfide) groups is 1. The van der Waals surface area contributed by atoms with E-state index in [0.717, 1.165) is 0 Å². The van der Waals surface area contributed by atoms with E-state index in [-0.39, 0.29) is 34.7 Å². The van der Waals surface area contributed by atoms with Crippen LogP contribution in [0, 0.1) is 5.82 Å². The minimum absolute atomic E-state index is 0.172. The molecule has 2 aromatic rings. The first-order chi connectivity index (χ1) is 12.0. The zero-order valence-corrected chi connectivity index (χ0v) is 15.1. The van der Waals surface area contributed by atoms with Crippen molar-refractivity contribution >= 4 is 40.9 Å². The first-order valence-corrected chi connectivity index (χ1v) is 9.12. The Hall–Kier alpha value is -2.05. The smallest absolute Gasteiger partial charge is 0.339 e. The molecule has 0 radical (unpaired) electrons. The fourth-order valence-corrected chi connectivity index (χ4v) is 3.10. The predicted molar refractivity (Wildman–Crippen MR) is 98.6 cm³/mol. The van der Waals surface area contributed by atoms with Crippen molar-refractivity contribution in [3.63, 3.8) is 0 Å². The van der Waals surface area contributed by atoms with Crippen LogP contribution in [0.5, 0.6) is 0 Å². The molecule has 0 aliphatic rings. The van der Waals surface area contributed by atoms with Crippen molar-refractivity contribution in [3.05, 3.63) is 64.4 Å². The normalized spacial score (nSPS) is 10.4. The predicted octanol–water partition coefficient (Wildman–Crippen LogP) is 4.53. The SMILES string of the molecule is CCOC(=O)c1ccc(NC(=O)CSCc2ccccc2F)cc1Cl. The Morgan fingerprint density at radius 3 is 2.68 bits per heavy atom. The lowest BCUT2D eigenvalue weighted by atomic mass is 10.2. The third-order valence-corrected chi connectivity index (χ3v) is 4.49. The molecule has 0 unspecified atom stereocenters. The maximum Gasteiger partial charge on any atom is 0.339 e. The van der Waals surface area contributed by atoms with Crippen molar-refractivity contribution in [2.45, 2.75) is 12.7 Å². The third-order valence-electron chi connectivity index (χ3n) is 3.20. The average Bonchev–Trinajstić information content (AvgIpc) is 2.57. The number of esters is 1. The van der Waals surface area contributed by atoms with E-state index in [1.54, 1.807) is 31.2 Å². The van der Waals surface area contributed by atoms with E-state index in [2.05, 4.69) is 5.32 Å². The van der Waals surface area contributed by atoms with E-state index in [1.807, 2.05) is 0 Å². The van der Waals surface area contributed by atoms with Crippen LogP contribution in [-0.2, 0) is 15.3 Å². The zero-order chi connectivity index (χ0) is 18.2. The monoisotopic (exact) mass is 381 g/mol. The summed E-state index contributed by atoms with van der Waals surface area (Å²) in [6.07, 6.45) is 0. The van der Waals surface area contributed by atoms with Crippen LogP contribution < -0.4 is 5.32 Å². The van der Waals surface area contributed by atoms with Crippen molar-refractivity contribution in [2.24, 2.45) is 0 Å². The van der Waals surface area contributed by atoms with Crippen molar-refractivity contribution < 1.29 is 18.7 Å². The average molecular weight is 382 g/mol. The van der Waals surface area contributed by atoms with Gasteiger partial charge in [-0.05, 0) is 36.8 Å². The van der Waals surface area contributed by atoms with Crippen LogP contribution in [0.1, 0.15) is 22.8 Å². The lowest BCUT2D eigenvalue weighted by molar-refractivity contribution is -0.113. The molecule has 0 aliphatic heterocycles. The highest BCUT2D eigenvalue weighted by Gasteiger charge is 2.13. The Kier molecular flexibility index (Phi) is 7.28. The van der Waals surface area contributed by atoms with Crippen LogP contribution in [0.3, 0.4) is 0 Å². The van der Waals surface area contributed by atoms with E-state index in [0.29, 0.717) is 17.0 Å². The number of anilines is 1. The van der Waals surface area contributed by atoms with Gasteiger partial charge >= 0.3 is 5.97 Å². The third kappa shape index (κ3) is 5.76. The van der Waals surface area contributed by atoms with Gasteiger partial charge in [0.25, 0.3) is 0 Å². The largest absolute Gasteiger partial charge is 0.462 e. The van der Waals surface area contributed by atoms with E-state index in [4.69, 9.17) is 16.3 Å². The molecule has 1 N–H and O–H groups in total. The number of halogens is 2. The van der Waals surface area contributed by atoms with Gasteiger partial charge in [-0.1, -0.05) is 29.8 Å². The summed E-state index contributed by atoms with van der Waals surface area (Å²) in [5, 5.41) is 2.90. The highest BCUT2D eigenvalue weighted by Crippen LogP contribution is 2.22. The maximum absolute atomic E-state index is 13.5. The van der Waals surface area contributed by atoms with Gasteiger partial charge in [-0.25, -0.2) is 9.18 Å². The Morgan fingerprint density at radius 2 is 2.00 bits per heavy atom. The number of carbonyl (C=O) groups is 2. The van der Waals surface area contributed by atoms with E-state index in [1.165, 1.54) is 30.0 Å².